The van der Waals surface area contributed by atoms with E-state index in [4.69, 9.17) is 5.73 Å². The molecule has 1 aromatic heterocycles. The highest BCUT2D eigenvalue weighted by atomic mass is 15.1. The van der Waals surface area contributed by atoms with Crippen molar-refractivity contribution in [3.63, 3.8) is 0 Å². The number of aromatic amines is 1. The molecule has 3 nitrogen and oxygen atoms in total. The summed E-state index contributed by atoms with van der Waals surface area (Å²) in [6, 6.07) is 0. The number of H-pyrrole nitrogens is 1. The number of nitrogens with zero attached hydrogens (tertiary/aromatic N) is 1. The van der Waals surface area contributed by atoms with Crippen molar-refractivity contribution in [1.29, 1.82) is 0 Å². The lowest BCUT2D eigenvalue weighted by Crippen LogP contribution is -2.05. The van der Waals surface area contributed by atoms with Gasteiger partial charge >= 0.3 is 0 Å². The Morgan fingerprint density at radius 2 is 2.17 bits per heavy atom. The normalized spacial score (nSPS) is 13.3. The molecule has 3 N–H and O–H groups in total. The van der Waals surface area contributed by atoms with E-state index >= 15 is 0 Å². The van der Waals surface area contributed by atoms with Gasteiger partial charge in [-0.2, -0.15) is 5.10 Å². The SMILES string of the molecule is Cc1[nH]nc(C(C)CCN)c1C. The van der Waals surface area contributed by atoms with E-state index in [-0.39, 0.29) is 0 Å². The van der Waals surface area contributed by atoms with Gasteiger partial charge in [-0.1, -0.05) is 6.92 Å². The smallest absolute Gasteiger partial charge is 0.0682 e. The Labute approximate surface area is 73.4 Å². The van der Waals surface area contributed by atoms with E-state index in [1.54, 1.807) is 0 Å². The predicted octanol–water partition coefficient (Wildman–Crippen LogP) is 1.48. The van der Waals surface area contributed by atoms with E-state index in [0.29, 0.717) is 5.92 Å². The molecule has 0 aliphatic heterocycles. The van der Waals surface area contributed by atoms with Crippen LogP contribution in [0.25, 0.3) is 0 Å². The molecule has 68 valence electrons. The molecule has 1 atom stereocenters. The fourth-order valence-electron chi connectivity index (χ4n) is 1.37. The molecule has 0 spiro atoms. The molecule has 1 aromatic rings. The van der Waals surface area contributed by atoms with Crippen LogP contribution in [0.1, 0.15) is 36.2 Å². The minimum absolute atomic E-state index is 0.472. The highest BCUT2D eigenvalue weighted by Crippen LogP contribution is 2.20. The van der Waals surface area contributed by atoms with E-state index < -0.39 is 0 Å². The fraction of sp³-hybridized carbons (Fsp3) is 0.667. The second-order valence-electron chi connectivity index (χ2n) is 3.34. The summed E-state index contributed by atoms with van der Waals surface area (Å²) < 4.78 is 0. The number of aromatic nitrogens is 2. The molecule has 0 saturated heterocycles. The average Bonchev–Trinajstić information content (AvgIpc) is 2.34. The highest BCUT2D eigenvalue weighted by Gasteiger charge is 2.11. The van der Waals surface area contributed by atoms with E-state index in [9.17, 15) is 0 Å². The summed E-state index contributed by atoms with van der Waals surface area (Å²) in [4.78, 5) is 0. The van der Waals surface area contributed by atoms with E-state index in [0.717, 1.165) is 24.4 Å². The lowest BCUT2D eigenvalue weighted by atomic mass is 10.0. The second kappa shape index (κ2) is 3.72. The molecule has 0 bridgehead atoms. The Morgan fingerprint density at radius 3 is 2.58 bits per heavy atom. The van der Waals surface area contributed by atoms with Crippen LogP contribution in [-0.4, -0.2) is 16.7 Å². The van der Waals surface area contributed by atoms with E-state index in [1.165, 1.54) is 5.56 Å². The van der Waals surface area contributed by atoms with Crippen molar-refractivity contribution in [1.82, 2.24) is 10.2 Å². The topological polar surface area (TPSA) is 54.7 Å². The summed E-state index contributed by atoms with van der Waals surface area (Å²) in [6.45, 7) is 7.03. The summed E-state index contributed by atoms with van der Waals surface area (Å²) in [5, 5.41) is 7.24. The molecule has 12 heavy (non-hydrogen) atoms. The van der Waals surface area contributed by atoms with E-state index in [1.807, 2.05) is 6.92 Å². The Kier molecular flexibility index (Phi) is 2.87. The van der Waals surface area contributed by atoms with Crippen molar-refractivity contribution in [3.8, 4) is 0 Å². The second-order valence-corrected chi connectivity index (χ2v) is 3.34. The first-order chi connectivity index (χ1) is 5.66. The van der Waals surface area contributed by atoms with Crippen molar-refractivity contribution in [2.24, 2.45) is 5.73 Å². The van der Waals surface area contributed by atoms with Gasteiger partial charge in [0.05, 0.1) is 5.69 Å². The largest absolute Gasteiger partial charge is 0.330 e. The number of nitrogens with two attached hydrogens (primary N) is 1. The number of aryl methyl sites for hydroxylation is 1. The third kappa shape index (κ3) is 1.67. The summed E-state index contributed by atoms with van der Waals surface area (Å²) in [5.41, 5.74) is 9.09. The predicted molar refractivity (Wildman–Crippen MR) is 50.1 cm³/mol. The molecule has 0 fully saturated rings. The van der Waals surface area contributed by atoms with Gasteiger partial charge in [-0.15, -0.1) is 0 Å². The maximum absolute atomic E-state index is 5.49. The molecule has 1 heterocycles. The van der Waals surface area contributed by atoms with Crippen molar-refractivity contribution in [3.05, 3.63) is 17.0 Å². The summed E-state index contributed by atoms with van der Waals surface area (Å²) in [6.07, 6.45) is 1.01. The molecule has 0 saturated carbocycles. The third-order valence-corrected chi connectivity index (χ3v) is 2.36. The maximum atomic E-state index is 5.49. The molecule has 1 rings (SSSR count). The molecule has 0 aliphatic rings. The third-order valence-electron chi connectivity index (χ3n) is 2.36. The zero-order chi connectivity index (χ0) is 9.14. The molecule has 0 aromatic carbocycles. The Hall–Kier alpha value is -0.830. The quantitative estimate of drug-likeness (QED) is 0.716. The molecule has 1 unspecified atom stereocenters. The first-order valence-electron chi connectivity index (χ1n) is 4.38. The minimum atomic E-state index is 0.472. The van der Waals surface area contributed by atoms with E-state index in [2.05, 4.69) is 24.0 Å². The Morgan fingerprint density at radius 1 is 1.50 bits per heavy atom. The lowest BCUT2D eigenvalue weighted by Gasteiger charge is -2.06. The lowest BCUT2D eigenvalue weighted by molar-refractivity contribution is 0.664. The molecule has 0 amide bonds. The van der Waals surface area contributed by atoms with Crippen LogP contribution < -0.4 is 5.73 Å². The van der Waals surface area contributed by atoms with Gasteiger partial charge in [0.15, 0.2) is 0 Å². The average molecular weight is 167 g/mol. The first kappa shape index (κ1) is 9.26. The molecular weight excluding hydrogens is 150 g/mol. The molecular formula is C9H17N3. The van der Waals surface area contributed by atoms with Gasteiger partial charge < -0.3 is 5.73 Å². The van der Waals surface area contributed by atoms with Gasteiger partial charge in [-0.25, -0.2) is 0 Å². The highest BCUT2D eigenvalue weighted by molar-refractivity contribution is 5.24. The van der Waals surface area contributed by atoms with Crippen LogP contribution in [0.15, 0.2) is 0 Å². The zero-order valence-corrected chi connectivity index (χ0v) is 8.02. The number of rotatable bonds is 3. The van der Waals surface area contributed by atoms with Crippen LogP contribution in [0, 0.1) is 13.8 Å². The zero-order valence-electron chi connectivity index (χ0n) is 8.02. The van der Waals surface area contributed by atoms with Gasteiger partial charge in [0, 0.05) is 11.6 Å². The van der Waals surface area contributed by atoms with Crippen molar-refractivity contribution < 1.29 is 0 Å². The standard InChI is InChI=1S/C9H17N3/c1-6(4-5-10)9-7(2)8(3)11-12-9/h6H,4-5,10H2,1-3H3,(H,11,12). The van der Waals surface area contributed by atoms with Crippen LogP contribution in [0.4, 0.5) is 0 Å². The maximum Gasteiger partial charge on any atom is 0.0682 e. The van der Waals surface area contributed by atoms with Gasteiger partial charge in [-0.05, 0) is 32.4 Å². The summed E-state index contributed by atoms with van der Waals surface area (Å²) in [7, 11) is 0. The summed E-state index contributed by atoms with van der Waals surface area (Å²) in [5.74, 6) is 0.472. The number of hydrogen-bond acceptors (Lipinski definition) is 2. The van der Waals surface area contributed by atoms with Crippen LogP contribution >= 0.6 is 0 Å². The Bertz CT molecular complexity index is 252. The first-order valence-corrected chi connectivity index (χ1v) is 4.38. The van der Waals surface area contributed by atoms with Gasteiger partial charge in [0.2, 0.25) is 0 Å². The number of hydrogen-bond donors (Lipinski definition) is 2. The summed E-state index contributed by atoms with van der Waals surface area (Å²) >= 11 is 0. The Balaban J connectivity index is 2.80. The van der Waals surface area contributed by atoms with Crippen LogP contribution in [-0.2, 0) is 0 Å². The van der Waals surface area contributed by atoms with Gasteiger partial charge in [-0.3, -0.25) is 5.10 Å². The van der Waals surface area contributed by atoms with Gasteiger partial charge in [0.25, 0.3) is 0 Å². The fourth-order valence-corrected chi connectivity index (χ4v) is 1.37. The van der Waals surface area contributed by atoms with Crippen LogP contribution in [0.3, 0.4) is 0 Å². The minimum Gasteiger partial charge on any atom is -0.330 e. The molecule has 0 aliphatic carbocycles. The van der Waals surface area contributed by atoms with Crippen LogP contribution in [0.5, 0.6) is 0 Å². The van der Waals surface area contributed by atoms with Crippen molar-refractivity contribution in [2.75, 3.05) is 6.54 Å². The number of nitrogens with one attached hydrogen (secondary N) is 1. The van der Waals surface area contributed by atoms with Crippen molar-refractivity contribution >= 4 is 0 Å². The van der Waals surface area contributed by atoms with Gasteiger partial charge in [0.1, 0.15) is 0 Å². The molecule has 3 heteroatoms. The molecule has 0 radical (unpaired) electrons. The van der Waals surface area contributed by atoms with Crippen LogP contribution in [0.2, 0.25) is 0 Å². The van der Waals surface area contributed by atoms with Crippen molar-refractivity contribution in [2.45, 2.75) is 33.1 Å². The monoisotopic (exact) mass is 167 g/mol.